The van der Waals surface area contributed by atoms with E-state index in [1.807, 2.05) is 0 Å². The molecule has 0 amide bonds. The van der Waals surface area contributed by atoms with Crippen LogP contribution in [-0.4, -0.2) is 38.5 Å². The minimum Gasteiger partial charge on any atom is -0.381 e. The monoisotopic (exact) mass is 201 g/mol. The average molecular weight is 201 g/mol. The zero-order valence-corrected chi connectivity index (χ0v) is 9.42. The van der Waals surface area contributed by atoms with E-state index in [0.29, 0.717) is 12.1 Å². The van der Waals surface area contributed by atoms with Crippen LogP contribution in [0.25, 0.3) is 0 Å². The van der Waals surface area contributed by atoms with Crippen molar-refractivity contribution in [1.82, 2.24) is 5.32 Å². The number of hydrogen-bond acceptors (Lipinski definition) is 3. The van der Waals surface area contributed by atoms with E-state index in [9.17, 15) is 0 Å². The van der Waals surface area contributed by atoms with Gasteiger partial charge in [-0.3, -0.25) is 0 Å². The van der Waals surface area contributed by atoms with Crippen molar-refractivity contribution in [2.45, 2.75) is 45.3 Å². The molecule has 1 heterocycles. The van der Waals surface area contributed by atoms with E-state index >= 15 is 0 Å². The zero-order valence-electron chi connectivity index (χ0n) is 9.42. The molecule has 0 saturated carbocycles. The first-order valence-corrected chi connectivity index (χ1v) is 5.72. The number of hydrogen-bond donors (Lipinski definition) is 1. The lowest BCUT2D eigenvalue weighted by molar-refractivity contribution is -0.0322. The van der Waals surface area contributed by atoms with Crippen LogP contribution in [0.5, 0.6) is 0 Å². The molecule has 1 rings (SSSR count). The van der Waals surface area contributed by atoms with Crippen LogP contribution >= 0.6 is 0 Å². The molecule has 1 aliphatic heterocycles. The molecule has 0 bridgehead atoms. The lowest BCUT2D eigenvalue weighted by atomic mass is 10.1. The molecule has 0 aromatic rings. The predicted octanol–water partition coefficient (Wildman–Crippen LogP) is 1.57. The van der Waals surface area contributed by atoms with Crippen molar-refractivity contribution in [2.75, 3.05) is 26.4 Å². The smallest absolute Gasteiger partial charge is 0.0619 e. The second kappa shape index (κ2) is 7.21. The summed E-state index contributed by atoms with van der Waals surface area (Å²) in [5, 5.41) is 3.38. The van der Waals surface area contributed by atoms with E-state index < -0.39 is 0 Å². The van der Waals surface area contributed by atoms with Gasteiger partial charge >= 0.3 is 0 Å². The molecule has 0 radical (unpaired) electrons. The van der Waals surface area contributed by atoms with Crippen molar-refractivity contribution in [1.29, 1.82) is 0 Å². The van der Waals surface area contributed by atoms with Crippen LogP contribution in [0.4, 0.5) is 0 Å². The topological polar surface area (TPSA) is 30.5 Å². The molecular weight excluding hydrogens is 178 g/mol. The van der Waals surface area contributed by atoms with E-state index in [-0.39, 0.29) is 0 Å². The molecule has 0 unspecified atom stereocenters. The second-order valence-corrected chi connectivity index (χ2v) is 4.14. The van der Waals surface area contributed by atoms with E-state index in [0.717, 1.165) is 45.6 Å². The van der Waals surface area contributed by atoms with E-state index in [1.165, 1.54) is 0 Å². The highest BCUT2D eigenvalue weighted by Crippen LogP contribution is 2.10. The first-order valence-electron chi connectivity index (χ1n) is 5.72. The maximum Gasteiger partial charge on any atom is 0.0619 e. The van der Waals surface area contributed by atoms with Crippen LogP contribution in [0, 0.1) is 0 Å². The zero-order chi connectivity index (χ0) is 10.2. The maximum atomic E-state index is 5.74. The molecule has 0 aromatic carbocycles. The average Bonchev–Trinajstić information content (AvgIpc) is 2.18. The fraction of sp³-hybridized carbons (Fsp3) is 1.00. The Labute approximate surface area is 87.2 Å². The number of ether oxygens (including phenoxy) is 2. The van der Waals surface area contributed by atoms with E-state index in [2.05, 4.69) is 19.2 Å². The van der Waals surface area contributed by atoms with Crippen LogP contribution in [0.3, 0.4) is 0 Å². The summed E-state index contributed by atoms with van der Waals surface area (Å²) >= 11 is 0. The fourth-order valence-electron chi connectivity index (χ4n) is 1.56. The summed E-state index contributed by atoms with van der Waals surface area (Å²) in [6.45, 7) is 8.01. The minimum absolute atomic E-state index is 0.447. The van der Waals surface area contributed by atoms with Gasteiger partial charge in [-0.25, -0.2) is 0 Å². The van der Waals surface area contributed by atoms with Crippen LogP contribution in [0.1, 0.15) is 33.1 Å². The predicted molar refractivity (Wildman–Crippen MR) is 57.5 cm³/mol. The lowest BCUT2D eigenvalue weighted by Gasteiger charge is -2.22. The summed E-state index contributed by atoms with van der Waals surface area (Å²) < 4.78 is 11.0. The number of nitrogens with one attached hydrogen (secondary N) is 1. The minimum atomic E-state index is 0.447. The van der Waals surface area contributed by atoms with Crippen molar-refractivity contribution in [2.24, 2.45) is 0 Å². The van der Waals surface area contributed by atoms with Gasteiger partial charge in [0.15, 0.2) is 0 Å². The standard InChI is InChI=1S/C11H23NO2/c1-10(2)12-6-3-7-14-11-4-8-13-9-5-11/h10-12H,3-9H2,1-2H3. The molecule has 0 spiro atoms. The highest BCUT2D eigenvalue weighted by atomic mass is 16.5. The van der Waals surface area contributed by atoms with Crippen molar-refractivity contribution < 1.29 is 9.47 Å². The van der Waals surface area contributed by atoms with Crippen molar-refractivity contribution in [3.63, 3.8) is 0 Å². The van der Waals surface area contributed by atoms with Gasteiger partial charge in [0.05, 0.1) is 6.10 Å². The molecule has 3 nitrogen and oxygen atoms in total. The van der Waals surface area contributed by atoms with Crippen molar-refractivity contribution in [3.05, 3.63) is 0 Å². The second-order valence-electron chi connectivity index (χ2n) is 4.14. The van der Waals surface area contributed by atoms with Crippen LogP contribution < -0.4 is 5.32 Å². The lowest BCUT2D eigenvalue weighted by Crippen LogP contribution is -2.27. The first-order chi connectivity index (χ1) is 6.79. The summed E-state index contributed by atoms with van der Waals surface area (Å²) in [6, 6.07) is 0.582. The van der Waals surface area contributed by atoms with Crippen molar-refractivity contribution >= 4 is 0 Å². The summed E-state index contributed by atoms with van der Waals surface area (Å²) in [6.07, 6.45) is 3.69. The Balaban J connectivity index is 1.87. The largest absolute Gasteiger partial charge is 0.381 e. The van der Waals surface area contributed by atoms with Gasteiger partial charge in [0.25, 0.3) is 0 Å². The first kappa shape index (κ1) is 12.0. The SMILES string of the molecule is CC(C)NCCCOC1CCOCC1. The quantitative estimate of drug-likeness (QED) is 0.662. The third kappa shape index (κ3) is 5.58. The molecule has 14 heavy (non-hydrogen) atoms. The summed E-state index contributed by atoms with van der Waals surface area (Å²) in [5.74, 6) is 0. The molecule has 1 aliphatic rings. The van der Waals surface area contributed by atoms with Gasteiger partial charge in [0, 0.05) is 25.9 Å². The summed E-state index contributed by atoms with van der Waals surface area (Å²) in [7, 11) is 0. The van der Waals surface area contributed by atoms with E-state index in [4.69, 9.17) is 9.47 Å². The molecule has 84 valence electrons. The molecule has 0 aromatic heterocycles. The van der Waals surface area contributed by atoms with Crippen LogP contribution in [-0.2, 0) is 9.47 Å². The Morgan fingerprint density at radius 2 is 2.07 bits per heavy atom. The molecule has 0 aliphatic carbocycles. The summed E-state index contributed by atoms with van der Waals surface area (Å²) in [4.78, 5) is 0. The number of rotatable bonds is 6. The Kier molecular flexibility index (Phi) is 6.15. The van der Waals surface area contributed by atoms with Gasteiger partial charge in [-0.15, -0.1) is 0 Å². The Morgan fingerprint density at radius 3 is 2.71 bits per heavy atom. The van der Waals surface area contributed by atoms with Gasteiger partial charge in [-0.1, -0.05) is 13.8 Å². The Hall–Kier alpha value is -0.120. The van der Waals surface area contributed by atoms with Gasteiger partial charge < -0.3 is 14.8 Å². The van der Waals surface area contributed by atoms with Gasteiger partial charge in [0.1, 0.15) is 0 Å². The third-order valence-electron chi connectivity index (χ3n) is 2.40. The molecule has 0 atom stereocenters. The van der Waals surface area contributed by atoms with Gasteiger partial charge in [-0.2, -0.15) is 0 Å². The molecule has 3 heteroatoms. The fourth-order valence-corrected chi connectivity index (χ4v) is 1.56. The normalized spacial score (nSPS) is 19.1. The van der Waals surface area contributed by atoms with Crippen LogP contribution in [0.2, 0.25) is 0 Å². The molecular formula is C11H23NO2. The Bertz CT molecular complexity index is 133. The van der Waals surface area contributed by atoms with Gasteiger partial charge in [-0.05, 0) is 25.8 Å². The van der Waals surface area contributed by atoms with Crippen molar-refractivity contribution in [3.8, 4) is 0 Å². The molecule has 1 fully saturated rings. The van der Waals surface area contributed by atoms with Crippen LogP contribution in [0.15, 0.2) is 0 Å². The molecule has 1 saturated heterocycles. The maximum absolute atomic E-state index is 5.74. The van der Waals surface area contributed by atoms with E-state index in [1.54, 1.807) is 0 Å². The third-order valence-corrected chi connectivity index (χ3v) is 2.40. The summed E-state index contributed by atoms with van der Waals surface area (Å²) in [5.41, 5.74) is 0. The highest BCUT2D eigenvalue weighted by molar-refractivity contribution is 4.62. The van der Waals surface area contributed by atoms with Gasteiger partial charge in [0.2, 0.25) is 0 Å². The molecule has 1 N–H and O–H groups in total. The Morgan fingerprint density at radius 1 is 1.36 bits per heavy atom. The highest BCUT2D eigenvalue weighted by Gasteiger charge is 2.13.